The number of ether oxygens (including phenoxy) is 1. The molecule has 0 aliphatic heterocycles. The van der Waals surface area contributed by atoms with Crippen LogP contribution in [0.1, 0.15) is 18.1 Å². The Morgan fingerprint density at radius 2 is 1.90 bits per heavy atom. The summed E-state index contributed by atoms with van der Waals surface area (Å²) in [6.07, 6.45) is -1.83. The molecule has 0 spiro atoms. The predicted molar refractivity (Wildman–Crippen MR) is 104 cm³/mol. The Bertz CT molecular complexity index is 799. The van der Waals surface area contributed by atoms with Crippen molar-refractivity contribution in [1.29, 1.82) is 0 Å². The number of hydrogen-bond donors (Lipinski definition) is 1. The van der Waals surface area contributed by atoms with Gasteiger partial charge in [0.25, 0.3) is 0 Å². The van der Waals surface area contributed by atoms with E-state index in [-0.39, 0.29) is 18.0 Å². The molecule has 0 aliphatic rings. The number of methoxy groups -OCH3 is 1. The molecule has 1 aromatic carbocycles. The minimum Gasteiger partial charge on any atom is -0.399 e. The van der Waals surface area contributed by atoms with Gasteiger partial charge < -0.3 is 19.5 Å². The summed E-state index contributed by atoms with van der Waals surface area (Å²) in [5.41, 5.74) is 0.632. The lowest BCUT2D eigenvalue weighted by molar-refractivity contribution is -0.0881. The van der Waals surface area contributed by atoms with E-state index in [1.165, 1.54) is 27.2 Å². The summed E-state index contributed by atoms with van der Waals surface area (Å²) >= 11 is 0. The predicted octanol–water partition coefficient (Wildman–Crippen LogP) is 4.13. The van der Waals surface area contributed by atoms with Crippen LogP contribution in [0.4, 0.5) is 13.2 Å². The van der Waals surface area contributed by atoms with Gasteiger partial charge in [-0.05, 0) is 19.1 Å². The summed E-state index contributed by atoms with van der Waals surface area (Å²) in [5.74, 6) is 0. The highest BCUT2D eigenvalue weighted by atomic mass is 19.4. The third-order valence-corrected chi connectivity index (χ3v) is 3.50. The van der Waals surface area contributed by atoms with Crippen molar-refractivity contribution in [2.24, 2.45) is 10.3 Å². The minimum absolute atomic E-state index is 0.0187. The van der Waals surface area contributed by atoms with Crippen LogP contribution in [0.5, 0.6) is 0 Å². The second-order valence-corrected chi connectivity index (χ2v) is 5.60. The Morgan fingerprint density at radius 1 is 1.21 bits per heavy atom. The molecule has 1 atom stereocenters. The highest BCUT2D eigenvalue weighted by Gasteiger charge is 2.31. The van der Waals surface area contributed by atoms with E-state index in [2.05, 4.69) is 16.9 Å². The van der Waals surface area contributed by atoms with Gasteiger partial charge in [0, 0.05) is 18.2 Å². The topological polar surface area (TPSA) is 72.6 Å². The fourth-order valence-electron chi connectivity index (χ4n) is 2.15. The molecule has 6 nitrogen and oxygen atoms in total. The molecule has 0 fully saturated rings. The van der Waals surface area contributed by atoms with Gasteiger partial charge in [0.05, 0.1) is 11.3 Å². The maximum atomic E-state index is 12.8. The molecule has 1 rings (SSSR count). The summed E-state index contributed by atoms with van der Waals surface area (Å²) in [7, 11) is 2.64. The van der Waals surface area contributed by atoms with Gasteiger partial charge in [0.15, 0.2) is 0 Å². The molecular formula is C20H23F3N2O4. The fraction of sp³-hybridized carbons (Fsp3) is 0.300. The highest BCUT2D eigenvalue weighted by molar-refractivity contribution is 6.03. The zero-order chi connectivity index (χ0) is 21.9. The van der Waals surface area contributed by atoms with E-state index < -0.39 is 18.0 Å². The normalized spacial score (nSPS) is 14.8. The van der Waals surface area contributed by atoms with E-state index in [0.717, 1.165) is 18.2 Å². The molecule has 0 aliphatic carbocycles. The Balaban J connectivity index is 2.94. The van der Waals surface area contributed by atoms with E-state index in [4.69, 9.17) is 14.4 Å². The highest BCUT2D eigenvalue weighted by Crippen LogP contribution is 2.26. The number of aliphatic hydroxyl groups excluding tert-OH is 1. The van der Waals surface area contributed by atoms with Crippen molar-refractivity contribution in [2.75, 3.05) is 14.2 Å². The zero-order valence-corrected chi connectivity index (χ0v) is 16.3. The van der Waals surface area contributed by atoms with E-state index >= 15 is 0 Å². The molecule has 1 N–H and O–H groups in total. The maximum absolute atomic E-state index is 12.8. The molecule has 0 amide bonds. The second-order valence-electron chi connectivity index (χ2n) is 5.60. The van der Waals surface area contributed by atoms with Crippen molar-refractivity contribution in [3.63, 3.8) is 0 Å². The van der Waals surface area contributed by atoms with Crippen LogP contribution >= 0.6 is 0 Å². The molecule has 1 aromatic rings. The average Bonchev–Trinajstić information content (AvgIpc) is 2.68. The summed E-state index contributed by atoms with van der Waals surface area (Å²) in [6, 6.07) is 6.88. The van der Waals surface area contributed by atoms with Gasteiger partial charge in [-0.3, -0.25) is 0 Å². The van der Waals surface area contributed by atoms with Crippen LogP contribution < -0.4 is 0 Å². The van der Waals surface area contributed by atoms with Crippen LogP contribution in [0.3, 0.4) is 0 Å². The van der Waals surface area contributed by atoms with Crippen molar-refractivity contribution in [1.82, 2.24) is 0 Å². The second kappa shape index (κ2) is 11.8. The Kier molecular flexibility index (Phi) is 9.84. The smallest absolute Gasteiger partial charge is 0.399 e. The van der Waals surface area contributed by atoms with Crippen LogP contribution in [-0.4, -0.2) is 43.2 Å². The van der Waals surface area contributed by atoms with Gasteiger partial charge >= 0.3 is 6.18 Å². The molecule has 9 heteroatoms. The number of aliphatic hydroxyl groups is 1. The molecule has 0 saturated carbocycles. The molecular weight excluding hydrogens is 389 g/mol. The third kappa shape index (κ3) is 7.92. The number of rotatable bonds is 10. The van der Waals surface area contributed by atoms with Crippen molar-refractivity contribution >= 4 is 11.4 Å². The van der Waals surface area contributed by atoms with Crippen LogP contribution in [0, 0.1) is 0 Å². The first-order valence-corrected chi connectivity index (χ1v) is 8.39. The van der Waals surface area contributed by atoms with Gasteiger partial charge in [-0.25, -0.2) is 0 Å². The number of benzene rings is 1. The number of oxime groups is 2. The first kappa shape index (κ1) is 24.1. The fourth-order valence-corrected chi connectivity index (χ4v) is 2.15. The molecule has 29 heavy (non-hydrogen) atoms. The lowest BCUT2D eigenvalue weighted by atomic mass is 10.0. The lowest BCUT2D eigenvalue weighted by Crippen LogP contribution is -2.25. The Morgan fingerprint density at radius 3 is 2.48 bits per heavy atom. The Labute approximate surface area is 167 Å². The van der Waals surface area contributed by atoms with Crippen LogP contribution in [-0.2, 0) is 21.0 Å². The van der Waals surface area contributed by atoms with Crippen LogP contribution in [0.25, 0.3) is 0 Å². The molecule has 0 bridgehead atoms. The lowest BCUT2D eigenvalue weighted by Gasteiger charge is -2.14. The van der Waals surface area contributed by atoms with E-state index in [1.54, 1.807) is 24.3 Å². The standard InChI is InChI=1S/C20H23F3N2O4/c1-5-8-16(20(21,22)23)12-11-14(2)24-29-13-15-9-6-7-10-17(15)18(25-28-4)19(26)27-3/h5-12,19,26H,1,13H2,2-4H3/b12-11+,16-8+,24-14+,25-18+. The van der Waals surface area contributed by atoms with Crippen molar-refractivity contribution < 1.29 is 32.7 Å². The molecule has 0 saturated heterocycles. The van der Waals surface area contributed by atoms with E-state index in [1.807, 2.05) is 0 Å². The van der Waals surface area contributed by atoms with Gasteiger partial charge in [-0.2, -0.15) is 13.2 Å². The monoisotopic (exact) mass is 412 g/mol. The van der Waals surface area contributed by atoms with Gasteiger partial charge in [-0.15, -0.1) is 0 Å². The van der Waals surface area contributed by atoms with Crippen molar-refractivity contribution in [3.8, 4) is 0 Å². The largest absolute Gasteiger partial charge is 0.416 e. The zero-order valence-electron chi connectivity index (χ0n) is 16.3. The average molecular weight is 412 g/mol. The summed E-state index contributed by atoms with van der Waals surface area (Å²) in [5, 5.41) is 17.5. The summed E-state index contributed by atoms with van der Waals surface area (Å²) in [6.45, 7) is 4.75. The number of allylic oxidation sites excluding steroid dienone is 5. The number of alkyl halides is 3. The van der Waals surface area contributed by atoms with Crippen LogP contribution in [0.15, 0.2) is 71.0 Å². The van der Waals surface area contributed by atoms with Gasteiger partial charge in [0.1, 0.15) is 19.4 Å². The number of halogens is 3. The maximum Gasteiger partial charge on any atom is 0.416 e. The third-order valence-electron chi connectivity index (χ3n) is 3.50. The van der Waals surface area contributed by atoms with Crippen molar-refractivity contribution in [2.45, 2.75) is 26.0 Å². The van der Waals surface area contributed by atoms with Crippen LogP contribution in [0.2, 0.25) is 0 Å². The molecule has 0 heterocycles. The van der Waals surface area contributed by atoms with E-state index in [9.17, 15) is 18.3 Å². The van der Waals surface area contributed by atoms with Crippen molar-refractivity contribution in [3.05, 3.63) is 71.8 Å². The molecule has 1 unspecified atom stereocenters. The molecule has 0 radical (unpaired) electrons. The van der Waals surface area contributed by atoms with E-state index in [0.29, 0.717) is 11.1 Å². The first-order valence-electron chi connectivity index (χ1n) is 8.39. The quantitative estimate of drug-likeness (QED) is 0.272. The number of hydrogen-bond acceptors (Lipinski definition) is 6. The number of nitrogens with zero attached hydrogens (tertiary/aromatic N) is 2. The molecule has 158 valence electrons. The molecule has 0 aromatic heterocycles. The first-order chi connectivity index (χ1) is 13.7. The van der Waals surface area contributed by atoms with Gasteiger partial charge in [-0.1, -0.05) is 53.3 Å². The summed E-state index contributed by atoms with van der Waals surface area (Å²) in [4.78, 5) is 9.99. The van der Waals surface area contributed by atoms with Gasteiger partial charge in [0.2, 0.25) is 6.29 Å². The Hall–Kier alpha value is -2.91. The summed E-state index contributed by atoms with van der Waals surface area (Å²) < 4.78 is 43.3. The minimum atomic E-state index is -4.50. The SMILES string of the molecule is C=C\C=C(/C=C/C(C)=N/OCc1ccccc1/C(=N\OC)C(O)OC)C(F)(F)F.